The van der Waals surface area contributed by atoms with Gasteiger partial charge in [-0.1, -0.05) is 31.5 Å². The Balaban J connectivity index is 1.48. The van der Waals surface area contributed by atoms with E-state index in [1.165, 1.54) is 12.0 Å². The Hall–Kier alpha value is -1.14. The van der Waals surface area contributed by atoms with E-state index in [2.05, 4.69) is 32.9 Å². The van der Waals surface area contributed by atoms with Gasteiger partial charge < -0.3 is 14.2 Å². The van der Waals surface area contributed by atoms with Crippen molar-refractivity contribution in [2.75, 3.05) is 0 Å². The molecule has 1 aromatic carbocycles. The van der Waals surface area contributed by atoms with E-state index < -0.39 is 17.7 Å². The number of fused-ring (bicyclic) bond motifs is 2. The predicted molar refractivity (Wildman–Crippen MR) is 98.6 cm³/mol. The van der Waals surface area contributed by atoms with Crippen LogP contribution in [-0.2, 0) is 19.2 Å². The van der Waals surface area contributed by atoms with Crippen LogP contribution < -0.4 is 4.74 Å². The van der Waals surface area contributed by atoms with Crippen LogP contribution in [0.15, 0.2) is 24.3 Å². The van der Waals surface area contributed by atoms with Crippen molar-refractivity contribution in [1.82, 2.24) is 0 Å². The number of ether oxygens (including phenoxy) is 3. The lowest BCUT2D eigenvalue weighted by Crippen LogP contribution is -2.70. The van der Waals surface area contributed by atoms with Crippen LogP contribution in [0.5, 0.6) is 5.75 Å². The minimum Gasteiger partial charge on any atom is -0.465 e. The van der Waals surface area contributed by atoms with Gasteiger partial charge in [0.2, 0.25) is 12.1 Å². The van der Waals surface area contributed by atoms with Gasteiger partial charge in [0.15, 0.2) is 11.9 Å². The Labute approximate surface area is 161 Å². The van der Waals surface area contributed by atoms with Crippen LogP contribution in [0.4, 0.5) is 0 Å². The topological polar surface area (TPSA) is 46.2 Å². The summed E-state index contributed by atoms with van der Waals surface area (Å²) in [4.78, 5) is 12.0. The first kappa shape index (κ1) is 17.9. The van der Waals surface area contributed by atoms with Gasteiger partial charge in [-0.05, 0) is 57.1 Å². The summed E-state index contributed by atoms with van der Waals surface area (Å²) < 4.78 is 19.1. The first-order valence-corrected chi connectivity index (χ1v) is 10.3. The molecule has 0 amide bonds. The van der Waals surface area contributed by atoms with Gasteiger partial charge in [0.05, 0.1) is 0 Å². The Morgan fingerprint density at radius 2 is 1.78 bits per heavy atom. The molecule has 148 valence electrons. The van der Waals surface area contributed by atoms with Crippen LogP contribution in [-0.4, -0.2) is 24.0 Å². The lowest BCUT2D eigenvalue weighted by molar-refractivity contribution is -0.575. The summed E-state index contributed by atoms with van der Waals surface area (Å²) in [5.74, 6) is 1.51. The highest BCUT2D eigenvalue weighted by molar-refractivity contribution is 5.26. The van der Waals surface area contributed by atoms with Gasteiger partial charge in [0.25, 0.3) is 0 Å². The molecule has 0 unspecified atom stereocenters. The maximum atomic E-state index is 6.44. The molecule has 0 aromatic heterocycles. The SMILES string of the molecule is Cc1ccc(O[C@H]2O[C@@H]3O[C@@]4(C)CC[C@H]5[C@H](C)CC[C@@H]([C@H]2C)[C@@]35OO4)cc1. The second kappa shape index (κ2) is 6.18. The second-order valence-corrected chi connectivity index (χ2v) is 9.20. The number of hydrogen-bond acceptors (Lipinski definition) is 5. The minimum absolute atomic E-state index is 0.187. The van der Waals surface area contributed by atoms with Crippen LogP contribution in [0.3, 0.4) is 0 Å². The van der Waals surface area contributed by atoms with Crippen LogP contribution in [0.25, 0.3) is 0 Å². The summed E-state index contributed by atoms with van der Waals surface area (Å²) >= 11 is 0. The molecule has 5 aliphatic rings. The third kappa shape index (κ3) is 2.66. The largest absolute Gasteiger partial charge is 0.465 e. The van der Waals surface area contributed by atoms with Gasteiger partial charge >= 0.3 is 0 Å². The summed E-state index contributed by atoms with van der Waals surface area (Å²) in [6, 6.07) is 8.13. The van der Waals surface area contributed by atoms with Gasteiger partial charge in [0.1, 0.15) is 5.75 Å². The molecular weight excluding hydrogens is 344 g/mol. The van der Waals surface area contributed by atoms with Gasteiger partial charge in [-0.25, -0.2) is 9.78 Å². The summed E-state index contributed by atoms with van der Waals surface area (Å²) in [5, 5.41) is 0. The fourth-order valence-electron chi connectivity index (χ4n) is 5.76. The van der Waals surface area contributed by atoms with Gasteiger partial charge in [-0.15, -0.1) is 0 Å². The molecule has 6 rings (SSSR count). The molecule has 0 N–H and O–H groups in total. The lowest BCUT2D eigenvalue weighted by Gasteiger charge is -2.60. The van der Waals surface area contributed by atoms with Crippen molar-refractivity contribution in [2.24, 2.45) is 23.7 Å². The Morgan fingerprint density at radius 1 is 1.00 bits per heavy atom. The number of benzene rings is 1. The zero-order valence-electron chi connectivity index (χ0n) is 16.6. The molecule has 5 fully saturated rings. The number of hydrogen-bond donors (Lipinski definition) is 0. The normalized spacial score (nSPS) is 48.6. The van der Waals surface area contributed by atoms with Crippen molar-refractivity contribution in [3.8, 4) is 5.75 Å². The summed E-state index contributed by atoms with van der Waals surface area (Å²) in [6.45, 7) is 8.57. The van der Waals surface area contributed by atoms with E-state index in [0.717, 1.165) is 25.0 Å². The third-order valence-electron chi connectivity index (χ3n) is 7.37. The van der Waals surface area contributed by atoms with E-state index >= 15 is 0 Å². The molecule has 4 heterocycles. The molecule has 1 saturated carbocycles. The van der Waals surface area contributed by atoms with E-state index in [1.54, 1.807) is 0 Å². The number of rotatable bonds is 2. The highest BCUT2D eigenvalue weighted by atomic mass is 17.3. The quantitative estimate of drug-likeness (QED) is 0.709. The first-order valence-electron chi connectivity index (χ1n) is 10.3. The third-order valence-corrected chi connectivity index (χ3v) is 7.37. The Morgan fingerprint density at radius 3 is 2.56 bits per heavy atom. The predicted octanol–water partition coefficient (Wildman–Crippen LogP) is 4.58. The number of aryl methyl sites for hydroxylation is 1. The zero-order valence-corrected chi connectivity index (χ0v) is 16.6. The summed E-state index contributed by atoms with van der Waals surface area (Å²) in [5.41, 5.74) is 0.686. The highest BCUT2D eigenvalue weighted by Gasteiger charge is 2.69. The molecule has 1 spiro atoms. The smallest absolute Gasteiger partial charge is 0.205 e. The van der Waals surface area contributed by atoms with Crippen molar-refractivity contribution in [3.05, 3.63) is 29.8 Å². The fraction of sp³-hybridized carbons (Fsp3) is 0.727. The van der Waals surface area contributed by atoms with Gasteiger partial charge in [-0.2, -0.15) is 0 Å². The highest BCUT2D eigenvalue weighted by Crippen LogP contribution is 2.60. The monoisotopic (exact) mass is 374 g/mol. The maximum Gasteiger partial charge on any atom is 0.205 e. The van der Waals surface area contributed by atoms with Crippen LogP contribution in [0.1, 0.15) is 52.0 Å². The Kier molecular flexibility index (Phi) is 4.10. The maximum absolute atomic E-state index is 6.44. The van der Waals surface area contributed by atoms with Crippen LogP contribution >= 0.6 is 0 Å². The van der Waals surface area contributed by atoms with E-state index in [0.29, 0.717) is 11.8 Å². The van der Waals surface area contributed by atoms with Crippen molar-refractivity contribution >= 4 is 0 Å². The van der Waals surface area contributed by atoms with Crippen LogP contribution in [0, 0.1) is 30.6 Å². The molecule has 1 aromatic rings. The molecule has 0 radical (unpaired) electrons. The van der Waals surface area contributed by atoms with Crippen LogP contribution in [0.2, 0.25) is 0 Å². The molecule has 1 aliphatic carbocycles. The molecule has 5 nitrogen and oxygen atoms in total. The van der Waals surface area contributed by atoms with Crippen molar-refractivity contribution < 1.29 is 24.0 Å². The molecule has 4 saturated heterocycles. The lowest BCUT2D eigenvalue weighted by atomic mass is 9.58. The van der Waals surface area contributed by atoms with E-state index in [-0.39, 0.29) is 18.1 Å². The average Bonchev–Trinajstić information content (AvgIpc) is 2.87. The first-order chi connectivity index (χ1) is 12.9. The molecule has 2 bridgehead atoms. The average molecular weight is 374 g/mol. The van der Waals surface area contributed by atoms with E-state index in [4.69, 9.17) is 24.0 Å². The molecular formula is C22H30O5. The van der Waals surface area contributed by atoms with E-state index in [9.17, 15) is 0 Å². The van der Waals surface area contributed by atoms with Crippen molar-refractivity contribution in [3.63, 3.8) is 0 Å². The molecule has 8 atom stereocenters. The molecule has 4 aliphatic heterocycles. The fourth-order valence-corrected chi connectivity index (χ4v) is 5.76. The zero-order chi connectivity index (χ0) is 18.8. The van der Waals surface area contributed by atoms with E-state index in [1.807, 2.05) is 19.1 Å². The summed E-state index contributed by atoms with van der Waals surface area (Å²) in [6.07, 6.45) is 3.34. The molecule has 27 heavy (non-hydrogen) atoms. The Bertz CT molecular complexity index is 705. The van der Waals surface area contributed by atoms with Crippen molar-refractivity contribution in [1.29, 1.82) is 0 Å². The van der Waals surface area contributed by atoms with Gasteiger partial charge in [0, 0.05) is 18.3 Å². The summed E-state index contributed by atoms with van der Waals surface area (Å²) in [7, 11) is 0. The standard InChI is InChI=1S/C22H30O5/c1-13-5-8-16(9-6-13)23-19-15(3)18-10-7-14(2)17-11-12-21(4)25-20(24-19)22(17,18)27-26-21/h5-6,8-9,14-15,17-20H,7,10-12H2,1-4H3/t14-,15-,17+,18+,19+,20-,21-,22-/m1/s1. The second-order valence-electron chi connectivity index (χ2n) is 9.20. The van der Waals surface area contributed by atoms with Gasteiger partial charge in [-0.3, -0.25) is 0 Å². The minimum atomic E-state index is -0.744. The van der Waals surface area contributed by atoms with Crippen molar-refractivity contribution in [2.45, 2.75) is 77.3 Å². The molecule has 5 heteroatoms.